The molecule has 0 atom stereocenters. The second-order valence-electron chi connectivity index (χ2n) is 3.83. The number of hydrogen-bond acceptors (Lipinski definition) is 2. The van der Waals surface area contributed by atoms with E-state index in [0.29, 0.717) is 5.75 Å². The Morgan fingerprint density at radius 1 is 1.38 bits per heavy atom. The van der Waals surface area contributed by atoms with Crippen LogP contribution < -0.4 is 4.74 Å². The molecule has 3 heteroatoms. The molecule has 0 amide bonds. The minimum absolute atomic E-state index is 0.278. The third-order valence-corrected chi connectivity index (χ3v) is 2.68. The molecule has 0 saturated carbocycles. The summed E-state index contributed by atoms with van der Waals surface area (Å²) in [5, 5.41) is 0. The monoisotopic (exact) mass is 330 g/mol. The van der Waals surface area contributed by atoms with Crippen molar-refractivity contribution in [2.24, 2.45) is 0 Å². The lowest BCUT2D eigenvalue weighted by Gasteiger charge is -2.08. The second kappa shape index (κ2) is 6.03. The zero-order chi connectivity index (χ0) is 12.1. The van der Waals surface area contributed by atoms with Gasteiger partial charge in [0.25, 0.3) is 0 Å². The fourth-order valence-electron chi connectivity index (χ4n) is 1.28. The molecule has 16 heavy (non-hydrogen) atoms. The molecule has 0 N–H and O–H groups in total. The van der Waals surface area contributed by atoms with Gasteiger partial charge in [-0.1, -0.05) is 11.6 Å². The molecule has 0 spiro atoms. The molecule has 0 bridgehead atoms. The van der Waals surface area contributed by atoms with Crippen LogP contribution in [0.1, 0.15) is 26.3 Å². The lowest BCUT2D eigenvalue weighted by molar-refractivity contribution is -0.131. The van der Waals surface area contributed by atoms with Crippen molar-refractivity contribution in [3.63, 3.8) is 0 Å². The van der Waals surface area contributed by atoms with Crippen LogP contribution in [0, 0.1) is 3.57 Å². The van der Waals surface area contributed by atoms with E-state index < -0.39 is 0 Å². The minimum atomic E-state index is -0.278. The van der Waals surface area contributed by atoms with Gasteiger partial charge in [0.05, 0.1) is 0 Å². The highest BCUT2D eigenvalue weighted by Crippen LogP contribution is 2.22. The number of carbonyl (C=O) groups excluding carboxylic acids is 1. The first-order valence-corrected chi connectivity index (χ1v) is 6.17. The molecule has 1 aromatic carbocycles. The Morgan fingerprint density at radius 3 is 2.62 bits per heavy atom. The van der Waals surface area contributed by atoms with Gasteiger partial charge in [-0.05, 0) is 66.6 Å². The van der Waals surface area contributed by atoms with Crippen molar-refractivity contribution in [3.8, 4) is 5.75 Å². The lowest BCUT2D eigenvalue weighted by atomic mass is 10.1. The number of carbonyl (C=O) groups is 1. The Bertz CT molecular complexity index is 418. The van der Waals surface area contributed by atoms with Crippen molar-refractivity contribution in [3.05, 3.63) is 39.0 Å². The van der Waals surface area contributed by atoms with Crippen LogP contribution in [0.25, 0.3) is 0 Å². The van der Waals surface area contributed by atoms with Crippen LogP contribution in [-0.4, -0.2) is 5.97 Å². The summed E-state index contributed by atoms with van der Waals surface area (Å²) in [6, 6.07) is 5.82. The molecule has 0 aliphatic rings. The van der Waals surface area contributed by atoms with Crippen molar-refractivity contribution in [1.82, 2.24) is 0 Å². The summed E-state index contributed by atoms with van der Waals surface area (Å²) in [5.74, 6) is 0.380. The van der Waals surface area contributed by atoms with Crippen LogP contribution in [0.5, 0.6) is 5.75 Å². The average molecular weight is 330 g/mol. The van der Waals surface area contributed by atoms with Crippen molar-refractivity contribution in [2.75, 3.05) is 0 Å². The van der Waals surface area contributed by atoms with Crippen molar-refractivity contribution < 1.29 is 9.53 Å². The summed E-state index contributed by atoms with van der Waals surface area (Å²) in [6.07, 6.45) is 2.92. The molecule has 0 unspecified atom stereocenters. The highest BCUT2D eigenvalue weighted by molar-refractivity contribution is 14.1. The largest absolute Gasteiger partial charge is 0.426 e. The topological polar surface area (TPSA) is 26.3 Å². The molecular weight excluding hydrogens is 315 g/mol. The quantitative estimate of drug-likeness (QED) is 0.365. The van der Waals surface area contributed by atoms with Gasteiger partial charge in [-0.3, -0.25) is 4.79 Å². The van der Waals surface area contributed by atoms with E-state index in [4.69, 9.17) is 4.74 Å². The first-order valence-electron chi connectivity index (χ1n) is 5.09. The van der Waals surface area contributed by atoms with Crippen molar-refractivity contribution in [1.29, 1.82) is 0 Å². The summed E-state index contributed by atoms with van der Waals surface area (Å²) in [7, 11) is 0. The molecular formula is C13H15IO2. The van der Waals surface area contributed by atoms with Gasteiger partial charge >= 0.3 is 5.97 Å². The molecule has 0 aliphatic carbocycles. The number of benzene rings is 1. The van der Waals surface area contributed by atoms with Gasteiger partial charge in [0.2, 0.25) is 0 Å². The average Bonchev–Trinajstić information content (AvgIpc) is 2.17. The summed E-state index contributed by atoms with van der Waals surface area (Å²) >= 11 is 2.25. The van der Waals surface area contributed by atoms with Crippen LogP contribution >= 0.6 is 22.6 Å². The van der Waals surface area contributed by atoms with Crippen molar-refractivity contribution in [2.45, 2.75) is 27.2 Å². The maximum absolute atomic E-state index is 10.9. The number of hydrogen-bond donors (Lipinski definition) is 0. The molecule has 0 heterocycles. The van der Waals surface area contributed by atoms with E-state index in [2.05, 4.69) is 42.5 Å². The number of ether oxygens (including phenoxy) is 1. The zero-order valence-corrected chi connectivity index (χ0v) is 11.9. The smallest absolute Gasteiger partial charge is 0.308 e. The van der Waals surface area contributed by atoms with E-state index in [9.17, 15) is 4.79 Å². The van der Waals surface area contributed by atoms with E-state index >= 15 is 0 Å². The molecule has 86 valence electrons. The van der Waals surface area contributed by atoms with Crippen molar-refractivity contribution >= 4 is 28.6 Å². The fraction of sp³-hybridized carbons (Fsp3) is 0.308. The molecule has 0 aliphatic heterocycles. The number of rotatable bonds is 3. The van der Waals surface area contributed by atoms with Gasteiger partial charge in [0.1, 0.15) is 5.75 Å². The lowest BCUT2D eigenvalue weighted by Crippen LogP contribution is -2.04. The summed E-state index contributed by atoms with van der Waals surface area (Å²) in [6.45, 7) is 5.53. The van der Waals surface area contributed by atoms with Gasteiger partial charge in [-0.25, -0.2) is 0 Å². The summed E-state index contributed by atoms with van der Waals surface area (Å²) < 4.78 is 6.31. The molecule has 0 aromatic heterocycles. The van der Waals surface area contributed by atoms with Crippen LogP contribution in [0.3, 0.4) is 0 Å². The fourth-order valence-corrected chi connectivity index (χ4v) is 1.83. The van der Waals surface area contributed by atoms with Gasteiger partial charge in [0, 0.05) is 10.5 Å². The molecule has 0 saturated heterocycles. The molecule has 1 aromatic rings. The Morgan fingerprint density at radius 2 is 2.06 bits per heavy atom. The normalized spacial score (nSPS) is 9.75. The van der Waals surface area contributed by atoms with E-state index in [1.165, 1.54) is 12.5 Å². The Balaban J connectivity index is 2.98. The number of halogens is 1. The van der Waals surface area contributed by atoms with Gasteiger partial charge in [0.15, 0.2) is 0 Å². The molecule has 2 nitrogen and oxygen atoms in total. The van der Waals surface area contributed by atoms with Crippen LogP contribution in [0.2, 0.25) is 0 Å². The minimum Gasteiger partial charge on any atom is -0.426 e. The van der Waals surface area contributed by atoms with E-state index in [1.807, 2.05) is 18.2 Å². The van der Waals surface area contributed by atoms with E-state index in [0.717, 1.165) is 15.6 Å². The van der Waals surface area contributed by atoms with Gasteiger partial charge in [-0.15, -0.1) is 0 Å². The third kappa shape index (κ3) is 4.35. The van der Waals surface area contributed by atoms with Crippen LogP contribution in [0.15, 0.2) is 29.8 Å². The molecule has 0 radical (unpaired) electrons. The Kier molecular flexibility index (Phi) is 4.99. The Labute approximate surface area is 110 Å². The standard InChI is InChI=1S/C13H15IO2/c1-9(2)4-5-11-8-12(14)6-7-13(11)16-10(3)15/h4,6-8H,5H2,1-3H3. The molecule has 1 rings (SSSR count). The predicted molar refractivity (Wildman–Crippen MR) is 73.6 cm³/mol. The van der Waals surface area contributed by atoms with E-state index in [1.54, 1.807) is 0 Å². The maximum atomic E-state index is 10.9. The zero-order valence-electron chi connectivity index (χ0n) is 9.71. The van der Waals surface area contributed by atoms with Gasteiger partial charge in [-0.2, -0.15) is 0 Å². The molecule has 0 fully saturated rings. The SMILES string of the molecule is CC(=O)Oc1ccc(I)cc1CC=C(C)C. The first kappa shape index (κ1) is 13.2. The van der Waals surface area contributed by atoms with Gasteiger partial charge < -0.3 is 4.74 Å². The first-order chi connectivity index (χ1) is 7.49. The predicted octanol–water partition coefficient (Wildman–Crippen LogP) is 3.73. The maximum Gasteiger partial charge on any atom is 0.308 e. The van der Waals surface area contributed by atoms with E-state index in [-0.39, 0.29) is 5.97 Å². The highest BCUT2D eigenvalue weighted by atomic mass is 127. The number of esters is 1. The summed E-state index contributed by atoms with van der Waals surface area (Å²) in [5.41, 5.74) is 2.30. The van der Waals surface area contributed by atoms with Crippen LogP contribution in [0.4, 0.5) is 0 Å². The van der Waals surface area contributed by atoms with Crippen LogP contribution in [-0.2, 0) is 11.2 Å². The summed E-state index contributed by atoms with van der Waals surface area (Å²) in [4.78, 5) is 10.9. The highest BCUT2D eigenvalue weighted by Gasteiger charge is 2.05. The third-order valence-electron chi connectivity index (χ3n) is 2.01. The Hall–Kier alpha value is -0.840. The number of allylic oxidation sites excluding steroid dienone is 2. The second-order valence-corrected chi connectivity index (χ2v) is 5.08.